The molecule has 5 aliphatic rings. The molecule has 4 nitrogen and oxygen atoms in total. The third kappa shape index (κ3) is 3.02. The van der Waals surface area contributed by atoms with Crippen molar-refractivity contribution in [3.63, 3.8) is 0 Å². The van der Waals surface area contributed by atoms with Gasteiger partial charge in [0, 0.05) is 5.92 Å². The van der Waals surface area contributed by atoms with Crippen molar-refractivity contribution in [2.24, 2.45) is 50.2 Å². The molecule has 4 heteroatoms. The summed E-state index contributed by atoms with van der Waals surface area (Å²) in [5.74, 6) is 0.816. The summed E-state index contributed by atoms with van der Waals surface area (Å²) in [6, 6.07) is 0. The van der Waals surface area contributed by atoms with Gasteiger partial charge < -0.3 is 14.9 Å². The van der Waals surface area contributed by atoms with Gasteiger partial charge in [0.1, 0.15) is 5.60 Å². The van der Waals surface area contributed by atoms with Gasteiger partial charge in [0.15, 0.2) is 0 Å². The lowest BCUT2D eigenvalue weighted by atomic mass is 9.27. The molecular weight excluding hydrogens is 436 g/mol. The molecule has 35 heavy (non-hydrogen) atoms. The lowest BCUT2D eigenvalue weighted by Crippen LogP contribution is -2.74. The summed E-state index contributed by atoms with van der Waals surface area (Å²) in [6.45, 7) is 20.0. The SMILES string of the molecule is CC1(C)CC[C@]2(OC=O)CC[C@]3(C)C(C2C1)[C@H](O)C[C@@]1(C)[C@@]3(C)CC[C@H]2C(C)(C)[C@@H](O)CC[C@@]21C. The highest BCUT2D eigenvalue weighted by Crippen LogP contribution is 2.80. The van der Waals surface area contributed by atoms with Crippen molar-refractivity contribution in [2.75, 3.05) is 0 Å². The normalized spacial score (nSPS) is 56.6. The Labute approximate surface area is 214 Å². The maximum atomic E-state index is 12.2. The quantitative estimate of drug-likeness (QED) is 0.435. The van der Waals surface area contributed by atoms with Crippen LogP contribution in [0.5, 0.6) is 0 Å². The molecule has 5 aliphatic carbocycles. The van der Waals surface area contributed by atoms with Gasteiger partial charge in [-0.25, -0.2) is 0 Å². The van der Waals surface area contributed by atoms with Crippen molar-refractivity contribution in [1.82, 2.24) is 0 Å². The molecule has 0 aromatic heterocycles. The summed E-state index contributed by atoms with van der Waals surface area (Å²) in [5, 5.41) is 23.2. The van der Waals surface area contributed by atoms with Crippen LogP contribution in [0.2, 0.25) is 0 Å². The number of hydrogen-bond donors (Lipinski definition) is 2. The summed E-state index contributed by atoms with van der Waals surface area (Å²) < 4.78 is 6.03. The van der Waals surface area contributed by atoms with E-state index < -0.39 is 11.7 Å². The average Bonchev–Trinajstić information content (AvgIpc) is 2.75. The van der Waals surface area contributed by atoms with E-state index in [1.54, 1.807) is 0 Å². The number of rotatable bonds is 2. The second-order valence-corrected chi connectivity index (χ2v) is 16.0. The predicted molar refractivity (Wildman–Crippen MR) is 139 cm³/mol. The smallest absolute Gasteiger partial charge is 0.293 e. The van der Waals surface area contributed by atoms with E-state index in [-0.39, 0.29) is 50.4 Å². The first kappa shape index (κ1) is 26.0. The van der Waals surface area contributed by atoms with E-state index >= 15 is 0 Å². The second kappa shape index (κ2) is 7.49. The topological polar surface area (TPSA) is 66.8 Å². The van der Waals surface area contributed by atoms with Crippen LogP contribution < -0.4 is 0 Å². The Morgan fingerprint density at radius 3 is 2.06 bits per heavy atom. The van der Waals surface area contributed by atoms with Crippen LogP contribution in [0, 0.1) is 50.2 Å². The van der Waals surface area contributed by atoms with Crippen LogP contribution >= 0.6 is 0 Å². The van der Waals surface area contributed by atoms with Gasteiger partial charge in [-0.05, 0) is 109 Å². The largest absolute Gasteiger partial charge is 0.461 e. The maximum absolute atomic E-state index is 12.2. The van der Waals surface area contributed by atoms with E-state index in [2.05, 4.69) is 55.4 Å². The fourth-order valence-corrected chi connectivity index (χ4v) is 11.7. The van der Waals surface area contributed by atoms with Gasteiger partial charge >= 0.3 is 0 Å². The molecule has 10 atom stereocenters. The number of ether oxygens (including phenoxy) is 1. The molecule has 5 rings (SSSR count). The summed E-state index contributed by atoms with van der Waals surface area (Å²) >= 11 is 0. The molecule has 5 saturated carbocycles. The maximum Gasteiger partial charge on any atom is 0.293 e. The van der Waals surface area contributed by atoms with Gasteiger partial charge in [0.05, 0.1) is 12.2 Å². The molecule has 2 N–H and O–H groups in total. The van der Waals surface area contributed by atoms with Crippen LogP contribution in [0.1, 0.15) is 120 Å². The Morgan fingerprint density at radius 2 is 1.40 bits per heavy atom. The fraction of sp³-hybridized carbons (Fsp3) is 0.968. The zero-order chi connectivity index (χ0) is 25.9. The highest BCUT2D eigenvalue weighted by Gasteiger charge is 2.76. The van der Waals surface area contributed by atoms with Crippen LogP contribution in [0.4, 0.5) is 0 Å². The van der Waals surface area contributed by atoms with E-state index in [0.717, 1.165) is 64.2 Å². The zero-order valence-corrected chi connectivity index (χ0v) is 23.7. The van der Waals surface area contributed by atoms with Crippen LogP contribution in [-0.4, -0.2) is 34.5 Å². The Morgan fingerprint density at radius 1 is 0.743 bits per heavy atom. The highest BCUT2D eigenvalue weighted by atomic mass is 16.5. The molecule has 0 bridgehead atoms. The van der Waals surface area contributed by atoms with Crippen molar-refractivity contribution >= 4 is 6.47 Å². The fourth-order valence-electron chi connectivity index (χ4n) is 11.7. The number of aliphatic hydroxyl groups excluding tert-OH is 2. The molecular formula is C31H52O4. The molecule has 2 unspecified atom stereocenters. The highest BCUT2D eigenvalue weighted by molar-refractivity contribution is 5.39. The van der Waals surface area contributed by atoms with Crippen LogP contribution in [0.3, 0.4) is 0 Å². The summed E-state index contributed by atoms with van der Waals surface area (Å²) in [4.78, 5) is 11.7. The second-order valence-electron chi connectivity index (χ2n) is 16.0. The molecule has 0 amide bonds. The molecule has 0 saturated heterocycles. The van der Waals surface area contributed by atoms with E-state index in [1.807, 2.05) is 0 Å². The van der Waals surface area contributed by atoms with Gasteiger partial charge in [-0.2, -0.15) is 0 Å². The van der Waals surface area contributed by atoms with Crippen molar-refractivity contribution in [1.29, 1.82) is 0 Å². The number of carbonyl (C=O) groups is 1. The predicted octanol–water partition coefficient (Wildman–Crippen LogP) is 6.52. The molecule has 0 aromatic carbocycles. The molecule has 0 heterocycles. The molecule has 0 aromatic rings. The van der Waals surface area contributed by atoms with Gasteiger partial charge in [-0.3, -0.25) is 4.79 Å². The van der Waals surface area contributed by atoms with Crippen molar-refractivity contribution in [2.45, 2.75) is 137 Å². The van der Waals surface area contributed by atoms with E-state index in [9.17, 15) is 15.0 Å². The van der Waals surface area contributed by atoms with Crippen molar-refractivity contribution < 1.29 is 19.7 Å². The Bertz CT molecular complexity index is 881. The number of aliphatic hydroxyl groups is 2. The Hall–Kier alpha value is -0.610. The van der Waals surface area contributed by atoms with Crippen molar-refractivity contribution in [3.8, 4) is 0 Å². The van der Waals surface area contributed by atoms with Gasteiger partial charge in [0.25, 0.3) is 6.47 Å². The van der Waals surface area contributed by atoms with Crippen molar-refractivity contribution in [3.05, 3.63) is 0 Å². The molecule has 0 spiro atoms. The lowest BCUT2D eigenvalue weighted by Gasteiger charge is -2.78. The molecule has 5 fully saturated rings. The first-order chi connectivity index (χ1) is 16.0. The first-order valence-corrected chi connectivity index (χ1v) is 14.5. The monoisotopic (exact) mass is 488 g/mol. The minimum atomic E-state index is -0.412. The van der Waals surface area contributed by atoms with Crippen LogP contribution in [0.25, 0.3) is 0 Å². The Kier molecular flexibility index (Phi) is 5.57. The van der Waals surface area contributed by atoms with Gasteiger partial charge in [-0.15, -0.1) is 0 Å². The van der Waals surface area contributed by atoms with Crippen LogP contribution in [0.15, 0.2) is 0 Å². The third-order valence-corrected chi connectivity index (χ3v) is 14.4. The number of hydrogen-bond acceptors (Lipinski definition) is 4. The molecule has 0 aliphatic heterocycles. The van der Waals surface area contributed by atoms with E-state index in [1.165, 1.54) is 0 Å². The first-order valence-electron chi connectivity index (χ1n) is 14.5. The van der Waals surface area contributed by atoms with Crippen LogP contribution in [-0.2, 0) is 9.53 Å². The summed E-state index contributed by atoms with van der Waals surface area (Å²) in [6.07, 6.45) is 9.32. The van der Waals surface area contributed by atoms with Gasteiger partial charge in [-0.1, -0.05) is 55.4 Å². The summed E-state index contributed by atoms with van der Waals surface area (Å²) in [7, 11) is 0. The number of carbonyl (C=O) groups excluding carboxylic acids is 1. The van der Waals surface area contributed by atoms with Gasteiger partial charge in [0.2, 0.25) is 0 Å². The number of fused-ring (bicyclic) bond motifs is 7. The minimum Gasteiger partial charge on any atom is -0.461 e. The standard InChI is InChI=1S/C31H52O4/c1-25(2)13-15-31(35-19-32)16-14-28(6)24(20(31)17-25)21(33)18-30(8)27(5)11-10-23(34)26(3,4)22(27)9-12-29(28,30)7/h19-24,33-34H,9-18H2,1-8H3/t20?,21-,22+,23+,24?,27+,28-,29+,30-,31+/m1/s1. The van der Waals surface area contributed by atoms with E-state index in [4.69, 9.17) is 4.74 Å². The minimum absolute atomic E-state index is 0.0125. The third-order valence-electron chi connectivity index (χ3n) is 14.4. The lowest BCUT2D eigenvalue weighted by molar-refractivity contribution is -0.322. The molecule has 200 valence electrons. The Balaban J connectivity index is 1.62. The zero-order valence-electron chi connectivity index (χ0n) is 23.7. The van der Waals surface area contributed by atoms with E-state index in [0.29, 0.717) is 12.4 Å². The summed E-state index contributed by atoms with van der Waals surface area (Å²) in [5.41, 5.74) is -0.174. The average molecular weight is 489 g/mol. The molecule has 0 radical (unpaired) electrons.